The first-order valence-electron chi connectivity index (χ1n) is 7.10. The zero-order chi connectivity index (χ0) is 15.3. The molecule has 1 amide bonds. The van der Waals surface area contributed by atoms with Crippen LogP contribution < -0.4 is 5.32 Å². The number of rotatable bonds is 8. The van der Waals surface area contributed by atoms with Gasteiger partial charge in [0.05, 0.1) is 13.2 Å². The standard InChI is InChI=1S/C18H23NO2/c1-3-4-6-13-18(20)19-16(2)10-9-14-21-15-17-11-7-5-8-12-17/h3-13,16H,14-15H2,1-2H3,(H,19,20)/b4-3+,10-9-,13-6+/t16-/m1/s1. The van der Waals surface area contributed by atoms with Crippen molar-refractivity contribution in [3.63, 3.8) is 0 Å². The normalized spacial score (nSPS) is 13.2. The smallest absolute Gasteiger partial charge is 0.244 e. The minimum absolute atomic E-state index is 0.0203. The highest BCUT2D eigenvalue weighted by atomic mass is 16.5. The molecule has 0 heterocycles. The van der Waals surface area contributed by atoms with E-state index in [2.05, 4.69) is 5.32 Å². The number of benzene rings is 1. The van der Waals surface area contributed by atoms with Crippen LogP contribution in [0.3, 0.4) is 0 Å². The monoisotopic (exact) mass is 285 g/mol. The fourth-order valence-corrected chi connectivity index (χ4v) is 1.65. The fraction of sp³-hybridized carbons (Fsp3) is 0.278. The van der Waals surface area contributed by atoms with E-state index in [9.17, 15) is 4.79 Å². The number of carbonyl (C=O) groups is 1. The molecule has 3 nitrogen and oxygen atoms in total. The van der Waals surface area contributed by atoms with Gasteiger partial charge < -0.3 is 10.1 Å². The molecular weight excluding hydrogens is 262 g/mol. The Labute approximate surface area is 127 Å². The maximum absolute atomic E-state index is 11.5. The van der Waals surface area contributed by atoms with Crippen LogP contribution in [0.15, 0.2) is 66.8 Å². The van der Waals surface area contributed by atoms with Gasteiger partial charge >= 0.3 is 0 Å². The van der Waals surface area contributed by atoms with Gasteiger partial charge in [-0.15, -0.1) is 0 Å². The largest absolute Gasteiger partial charge is 0.373 e. The molecule has 3 heteroatoms. The number of amides is 1. The van der Waals surface area contributed by atoms with E-state index in [1.54, 1.807) is 6.08 Å². The molecule has 0 unspecified atom stereocenters. The molecule has 0 saturated carbocycles. The summed E-state index contributed by atoms with van der Waals surface area (Å²) >= 11 is 0. The number of allylic oxidation sites excluding steroid dienone is 3. The molecule has 0 bridgehead atoms. The van der Waals surface area contributed by atoms with Gasteiger partial charge in [0.1, 0.15) is 0 Å². The van der Waals surface area contributed by atoms with Crippen molar-refractivity contribution in [1.82, 2.24) is 5.32 Å². The highest BCUT2D eigenvalue weighted by Crippen LogP contribution is 2.00. The lowest BCUT2D eigenvalue weighted by molar-refractivity contribution is -0.116. The second-order valence-corrected chi connectivity index (χ2v) is 4.61. The van der Waals surface area contributed by atoms with Crippen LogP contribution in [0.1, 0.15) is 19.4 Å². The molecule has 0 saturated heterocycles. The summed E-state index contributed by atoms with van der Waals surface area (Å²) in [7, 11) is 0. The van der Waals surface area contributed by atoms with E-state index in [4.69, 9.17) is 4.74 Å². The van der Waals surface area contributed by atoms with Crippen molar-refractivity contribution >= 4 is 5.91 Å². The second kappa shape index (κ2) is 10.6. The average molecular weight is 285 g/mol. The first kappa shape index (κ1) is 16.9. The summed E-state index contributed by atoms with van der Waals surface area (Å²) in [6, 6.07) is 10.0. The predicted molar refractivity (Wildman–Crippen MR) is 86.8 cm³/mol. The highest BCUT2D eigenvalue weighted by molar-refractivity contribution is 5.88. The Morgan fingerprint density at radius 2 is 2.05 bits per heavy atom. The van der Waals surface area contributed by atoms with Gasteiger partial charge in [0.15, 0.2) is 0 Å². The third-order valence-electron chi connectivity index (χ3n) is 2.67. The topological polar surface area (TPSA) is 38.3 Å². The molecule has 1 atom stereocenters. The van der Waals surface area contributed by atoms with Crippen molar-refractivity contribution in [3.05, 3.63) is 72.4 Å². The highest BCUT2D eigenvalue weighted by Gasteiger charge is 1.99. The van der Waals surface area contributed by atoms with Crippen molar-refractivity contribution in [2.45, 2.75) is 26.5 Å². The van der Waals surface area contributed by atoms with Gasteiger partial charge in [0, 0.05) is 12.1 Å². The Bertz CT molecular complexity index is 489. The summed E-state index contributed by atoms with van der Waals surface area (Å²) in [5.41, 5.74) is 1.15. The molecule has 0 fully saturated rings. The zero-order valence-electron chi connectivity index (χ0n) is 12.7. The van der Waals surface area contributed by atoms with Crippen molar-refractivity contribution in [2.24, 2.45) is 0 Å². The lowest BCUT2D eigenvalue weighted by atomic mass is 10.2. The van der Waals surface area contributed by atoms with E-state index in [-0.39, 0.29) is 11.9 Å². The molecule has 112 valence electrons. The first-order valence-corrected chi connectivity index (χ1v) is 7.10. The predicted octanol–water partition coefficient (Wildman–Crippen LogP) is 3.40. The van der Waals surface area contributed by atoms with E-state index in [0.717, 1.165) is 5.56 Å². The Morgan fingerprint density at radius 1 is 1.29 bits per heavy atom. The maximum atomic E-state index is 11.5. The molecule has 0 radical (unpaired) electrons. The zero-order valence-corrected chi connectivity index (χ0v) is 12.7. The first-order chi connectivity index (χ1) is 10.2. The summed E-state index contributed by atoms with van der Waals surface area (Å²) in [5.74, 6) is -0.101. The summed E-state index contributed by atoms with van der Waals surface area (Å²) in [6.45, 7) is 4.96. The number of hydrogen-bond acceptors (Lipinski definition) is 2. The van der Waals surface area contributed by atoms with Crippen LogP contribution in [0.25, 0.3) is 0 Å². The Morgan fingerprint density at radius 3 is 2.76 bits per heavy atom. The van der Waals surface area contributed by atoms with Crippen LogP contribution in [0.2, 0.25) is 0 Å². The summed E-state index contributed by atoms with van der Waals surface area (Å²) < 4.78 is 5.53. The molecular formula is C18H23NO2. The molecule has 0 spiro atoms. The molecule has 21 heavy (non-hydrogen) atoms. The molecule has 0 aromatic heterocycles. The third-order valence-corrected chi connectivity index (χ3v) is 2.67. The van der Waals surface area contributed by atoms with E-state index in [1.807, 2.05) is 68.5 Å². The van der Waals surface area contributed by atoms with Crippen LogP contribution >= 0.6 is 0 Å². The minimum atomic E-state index is -0.101. The lowest BCUT2D eigenvalue weighted by Gasteiger charge is -2.07. The Balaban J connectivity index is 2.19. The summed E-state index contributed by atoms with van der Waals surface area (Å²) in [6.07, 6.45) is 10.8. The number of hydrogen-bond donors (Lipinski definition) is 1. The van der Waals surface area contributed by atoms with Crippen molar-refractivity contribution in [1.29, 1.82) is 0 Å². The van der Waals surface area contributed by atoms with Gasteiger partial charge in [0.25, 0.3) is 0 Å². The summed E-state index contributed by atoms with van der Waals surface area (Å²) in [4.78, 5) is 11.5. The quantitative estimate of drug-likeness (QED) is 0.344. The lowest BCUT2D eigenvalue weighted by Crippen LogP contribution is -2.29. The SMILES string of the molecule is C/C=C/C=C/C(=O)N[C@H](C)/C=C\COCc1ccccc1. The molecule has 0 aliphatic carbocycles. The van der Waals surface area contributed by atoms with Crippen molar-refractivity contribution in [3.8, 4) is 0 Å². The van der Waals surface area contributed by atoms with Crippen LogP contribution in [0.4, 0.5) is 0 Å². The third kappa shape index (κ3) is 8.60. The van der Waals surface area contributed by atoms with Crippen LogP contribution in [-0.2, 0) is 16.1 Å². The fourth-order valence-electron chi connectivity index (χ4n) is 1.65. The Hall–Kier alpha value is -2.13. The number of nitrogens with one attached hydrogen (secondary N) is 1. The van der Waals surface area contributed by atoms with Crippen LogP contribution in [0.5, 0.6) is 0 Å². The average Bonchev–Trinajstić information content (AvgIpc) is 2.48. The maximum Gasteiger partial charge on any atom is 0.244 e. The minimum Gasteiger partial charge on any atom is -0.373 e. The van der Waals surface area contributed by atoms with Crippen LogP contribution in [-0.4, -0.2) is 18.6 Å². The molecule has 1 aromatic rings. The van der Waals surface area contributed by atoms with Gasteiger partial charge in [-0.2, -0.15) is 0 Å². The van der Waals surface area contributed by atoms with Gasteiger partial charge in [-0.3, -0.25) is 4.79 Å². The summed E-state index contributed by atoms with van der Waals surface area (Å²) in [5, 5.41) is 2.85. The number of carbonyl (C=O) groups excluding carboxylic acids is 1. The number of ether oxygens (including phenoxy) is 1. The second-order valence-electron chi connectivity index (χ2n) is 4.61. The van der Waals surface area contributed by atoms with E-state index in [0.29, 0.717) is 13.2 Å². The van der Waals surface area contributed by atoms with Crippen LogP contribution in [0, 0.1) is 0 Å². The van der Waals surface area contributed by atoms with Gasteiger partial charge in [-0.25, -0.2) is 0 Å². The van der Waals surface area contributed by atoms with Crippen molar-refractivity contribution < 1.29 is 9.53 Å². The van der Waals surface area contributed by atoms with E-state index >= 15 is 0 Å². The van der Waals surface area contributed by atoms with Gasteiger partial charge in [-0.1, -0.05) is 60.7 Å². The molecule has 1 rings (SSSR count). The van der Waals surface area contributed by atoms with Crippen molar-refractivity contribution in [2.75, 3.05) is 6.61 Å². The van der Waals surface area contributed by atoms with Gasteiger partial charge in [-0.05, 0) is 19.4 Å². The molecule has 1 N–H and O–H groups in total. The molecule has 0 aliphatic rings. The van der Waals surface area contributed by atoms with E-state index in [1.165, 1.54) is 6.08 Å². The van der Waals surface area contributed by atoms with Gasteiger partial charge in [0.2, 0.25) is 5.91 Å². The van der Waals surface area contributed by atoms with E-state index < -0.39 is 0 Å². The Kier molecular flexibility index (Phi) is 8.57. The molecule has 1 aromatic carbocycles. The molecule has 0 aliphatic heterocycles.